The molecule has 0 aliphatic heterocycles. The molecule has 1 aliphatic rings. The van der Waals surface area contributed by atoms with Gasteiger partial charge in [-0.3, -0.25) is 10.1 Å². The molecular formula is C14H14N4O3. The zero-order chi connectivity index (χ0) is 15.0. The lowest BCUT2D eigenvalue weighted by Crippen LogP contribution is -2.05. The van der Waals surface area contributed by atoms with E-state index in [1.807, 2.05) is 6.07 Å². The first-order chi connectivity index (χ1) is 10.0. The van der Waals surface area contributed by atoms with E-state index in [9.17, 15) is 10.1 Å². The van der Waals surface area contributed by atoms with Crippen LogP contribution in [0.15, 0.2) is 24.3 Å². The first-order valence-corrected chi connectivity index (χ1v) is 6.60. The lowest BCUT2D eigenvalue weighted by Gasteiger charge is -2.08. The summed E-state index contributed by atoms with van der Waals surface area (Å²) in [7, 11) is 0. The Morgan fingerprint density at radius 1 is 1.38 bits per heavy atom. The van der Waals surface area contributed by atoms with Crippen LogP contribution in [-0.4, -0.2) is 21.0 Å². The largest absolute Gasteiger partial charge is 0.490 e. The molecule has 1 aromatic heterocycles. The molecule has 0 amide bonds. The third kappa shape index (κ3) is 2.76. The van der Waals surface area contributed by atoms with E-state index in [0.29, 0.717) is 11.3 Å². The highest BCUT2D eigenvalue weighted by Crippen LogP contribution is 2.34. The molecule has 7 nitrogen and oxygen atoms in total. The van der Waals surface area contributed by atoms with E-state index >= 15 is 0 Å². The van der Waals surface area contributed by atoms with Gasteiger partial charge in [0.1, 0.15) is 11.4 Å². The average molecular weight is 286 g/mol. The van der Waals surface area contributed by atoms with Crippen LogP contribution in [0, 0.1) is 17.0 Å². The lowest BCUT2D eigenvalue weighted by molar-refractivity contribution is -0.385. The summed E-state index contributed by atoms with van der Waals surface area (Å²) in [4.78, 5) is 18.7. The Kier molecular flexibility index (Phi) is 3.17. The highest BCUT2D eigenvalue weighted by atomic mass is 16.6. The zero-order valence-electron chi connectivity index (χ0n) is 11.4. The van der Waals surface area contributed by atoms with Crippen LogP contribution in [0.3, 0.4) is 0 Å². The van der Waals surface area contributed by atoms with E-state index in [0.717, 1.165) is 12.8 Å². The number of nitrogens with two attached hydrogens (primary N) is 1. The van der Waals surface area contributed by atoms with Crippen LogP contribution in [0.25, 0.3) is 11.3 Å². The highest BCUT2D eigenvalue weighted by molar-refractivity contribution is 5.72. The van der Waals surface area contributed by atoms with Gasteiger partial charge in [-0.15, -0.1) is 0 Å². The van der Waals surface area contributed by atoms with Gasteiger partial charge < -0.3 is 10.5 Å². The van der Waals surface area contributed by atoms with Crippen molar-refractivity contribution < 1.29 is 9.66 Å². The Labute approximate surface area is 120 Å². The molecule has 0 spiro atoms. The Hall–Kier alpha value is -2.70. The van der Waals surface area contributed by atoms with Crippen LogP contribution < -0.4 is 10.5 Å². The van der Waals surface area contributed by atoms with Crippen molar-refractivity contribution in [1.82, 2.24) is 9.97 Å². The summed E-state index contributed by atoms with van der Waals surface area (Å²) in [5.74, 6) is 0.695. The van der Waals surface area contributed by atoms with Crippen molar-refractivity contribution in [2.24, 2.45) is 0 Å². The quantitative estimate of drug-likeness (QED) is 0.684. The van der Waals surface area contributed by atoms with Gasteiger partial charge in [-0.2, -0.15) is 0 Å². The Morgan fingerprint density at radius 2 is 2.14 bits per heavy atom. The molecule has 2 N–H and O–H groups in total. The van der Waals surface area contributed by atoms with Crippen molar-refractivity contribution in [3.63, 3.8) is 0 Å². The van der Waals surface area contributed by atoms with E-state index in [1.54, 1.807) is 25.1 Å². The SMILES string of the molecule is Cc1nc(N)nc(-c2cccc(OC3CC3)c2)c1[N+](=O)[O-]. The number of aryl methyl sites for hydroxylation is 1. The maximum absolute atomic E-state index is 11.3. The molecule has 1 aromatic carbocycles. The number of hydrogen-bond donors (Lipinski definition) is 1. The number of nitrogen functional groups attached to an aromatic ring is 1. The van der Waals surface area contributed by atoms with E-state index in [-0.39, 0.29) is 29.1 Å². The smallest absolute Gasteiger partial charge is 0.316 e. The number of anilines is 1. The first-order valence-electron chi connectivity index (χ1n) is 6.60. The van der Waals surface area contributed by atoms with E-state index in [4.69, 9.17) is 10.5 Å². The van der Waals surface area contributed by atoms with Gasteiger partial charge in [-0.1, -0.05) is 12.1 Å². The van der Waals surface area contributed by atoms with Crippen LogP contribution in [0.1, 0.15) is 18.5 Å². The third-order valence-electron chi connectivity index (χ3n) is 3.19. The summed E-state index contributed by atoms with van der Waals surface area (Å²) in [6.45, 7) is 1.55. The van der Waals surface area contributed by atoms with Gasteiger partial charge in [0.15, 0.2) is 5.69 Å². The van der Waals surface area contributed by atoms with E-state index in [1.165, 1.54) is 0 Å². The van der Waals surface area contributed by atoms with Crippen molar-refractivity contribution in [2.45, 2.75) is 25.9 Å². The van der Waals surface area contributed by atoms with E-state index < -0.39 is 4.92 Å². The normalized spacial score (nSPS) is 14.0. The summed E-state index contributed by atoms with van der Waals surface area (Å²) in [6.07, 6.45) is 2.35. The predicted molar refractivity (Wildman–Crippen MR) is 76.9 cm³/mol. The minimum atomic E-state index is -0.488. The number of hydrogen-bond acceptors (Lipinski definition) is 6. The van der Waals surface area contributed by atoms with Gasteiger partial charge in [0.25, 0.3) is 0 Å². The molecule has 0 unspecified atom stereocenters. The standard InChI is InChI=1S/C14H14N4O3/c1-8-13(18(19)20)12(17-14(15)16-8)9-3-2-4-11(7-9)21-10-5-6-10/h2-4,7,10H,5-6H2,1H3,(H2,15,16,17). The van der Waals surface area contributed by atoms with Gasteiger partial charge in [0.2, 0.25) is 5.95 Å². The summed E-state index contributed by atoms with van der Waals surface area (Å²) >= 11 is 0. The van der Waals surface area contributed by atoms with Gasteiger partial charge in [0, 0.05) is 5.56 Å². The van der Waals surface area contributed by atoms with Crippen LogP contribution >= 0.6 is 0 Å². The van der Waals surface area contributed by atoms with Crippen LogP contribution in [-0.2, 0) is 0 Å². The third-order valence-corrected chi connectivity index (χ3v) is 3.19. The molecule has 3 rings (SSSR count). The molecular weight excluding hydrogens is 272 g/mol. The average Bonchev–Trinajstić information content (AvgIpc) is 3.21. The fraction of sp³-hybridized carbons (Fsp3) is 0.286. The Bertz CT molecular complexity index is 713. The summed E-state index contributed by atoms with van der Waals surface area (Å²) in [5, 5.41) is 11.3. The fourth-order valence-corrected chi connectivity index (χ4v) is 2.10. The predicted octanol–water partition coefficient (Wildman–Crippen LogP) is 2.48. The monoisotopic (exact) mass is 286 g/mol. The van der Waals surface area contributed by atoms with Gasteiger partial charge in [-0.05, 0) is 31.9 Å². The molecule has 1 aliphatic carbocycles. The van der Waals surface area contributed by atoms with Crippen molar-refractivity contribution >= 4 is 11.6 Å². The van der Waals surface area contributed by atoms with Crippen molar-refractivity contribution in [2.75, 3.05) is 5.73 Å². The van der Waals surface area contributed by atoms with Crippen molar-refractivity contribution in [3.8, 4) is 17.0 Å². The van der Waals surface area contributed by atoms with Crippen LogP contribution in [0.2, 0.25) is 0 Å². The molecule has 0 bridgehead atoms. The number of ether oxygens (including phenoxy) is 1. The molecule has 0 radical (unpaired) electrons. The number of nitro groups is 1. The Balaban J connectivity index is 2.08. The zero-order valence-corrected chi connectivity index (χ0v) is 11.4. The molecule has 21 heavy (non-hydrogen) atoms. The molecule has 2 aromatic rings. The number of aromatic nitrogens is 2. The second kappa shape index (κ2) is 5.01. The molecule has 1 saturated carbocycles. The first kappa shape index (κ1) is 13.3. The fourth-order valence-electron chi connectivity index (χ4n) is 2.10. The summed E-state index contributed by atoms with van der Waals surface area (Å²) < 4.78 is 5.70. The number of nitrogens with zero attached hydrogens (tertiary/aromatic N) is 3. The molecule has 0 saturated heterocycles. The van der Waals surface area contributed by atoms with Gasteiger partial charge in [-0.25, -0.2) is 9.97 Å². The number of rotatable bonds is 4. The summed E-state index contributed by atoms with van der Waals surface area (Å²) in [6, 6.07) is 7.09. The van der Waals surface area contributed by atoms with E-state index in [2.05, 4.69) is 9.97 Å². The lowest BCUT2D eigenvalue weighted by atomic mass is 10.1. The molecule has 7 heteroatoms. The second-order valence-electron chi connectivity index (χ2n) is 4.97. The van der Waals surface area contributed by atoms with Gasteiger partial charge >= 0.3 is 5.69 Å². The van der Waals surface area contributed by atoms with Crippen molar-refractivity contribution in [1.29, 1.82) is 0 Å². The molecule has 108 valence electrons. The second-order valence-corrected chi connectivity index (χ2v) is 4.97. The van der Waals surface area contributed by atoms with Crippen LogP contribution in [0.5, 0.6) is 5.75 Å². The Morgan fingerprint density at radius 3 is 2.81 bits per heavy atom. The molecule has 0 atom stereocenters. The maximum atomic E-state index is 11.3. The van der Waals surface area contributed by atoms with Gasteiger partial charge in [0.05, 0.1) is 11.0 Å². The maximum Gasteiger partial charge on any atom is 0.316 e. The van der Waals surface area contributed by atoms with Crippen molar-refractivity contribution in [3.05, 3.63) is 40.1 Å². The molecule has 1 fully saturated rings. The minimum Gasteiger partial charge on any atom is -0.490 e. The molecule has 1 heterocycles. The minimum absolute atomic E-state index is 0.0154. The highest BCUT2D eigenvalue weighted by Gasteiger charge is 2.25. The summed E-state index contributed by atoms with van der Waals surface area (Å²) in [5.41, 5.74) is 6.54. The van der Waals surface area contributed by atoms with Crippen LogP contribution in [0.4, 0.5) is 11.6 Å². The number of benzene rings is 1. The topological polar surface area (TPSA) is 104 Å².